The van der Waals surface area contributed by atoms with Gasteiger partial charge >= 0.3 is 6.09 Å². The van der Waals surface area contributed by atoms with Crippen LogP contribution in [0.5, 0.6) is 11.6 Å². The van der Waals surface area contributed by atoms with E-state index in [2.05, 4.69) is 27.3 Å². The summed E-state index contributed by atoms with van der Waals surface area (Å²) < 4.78 is 46.0. The first-order chi connectivity index (χ1) is 27.5. The second-order valence-electron chi connectivity index (χ2n) is 18.5. The van der Waals surface area contributed by atoms with E-state index in [4.69, 9.17) is 14.2 Å². The predicted octanol–water partition coefficient (Wildman–Crippen LogP) is 5.15. The molecule has 8 rings (SSSR count). The van der Waals surface area contributed by atoms with Gasteiger partial charge in [-0.25, -0.2) is 18.2 Å². The zero-order valence-electron chi connectivity index (χ0n) is 34.1. The molecule has 4 saturated carbocycles. The summed E-state index contributed by atoms with van der Waals surface area (Å²) >= 11 is 0. The van der Waals surface area contributed by atoms with Gasteiger partial charge in [0.25, 0.3) is 5.91 Å². The minimum Gasteiger partial charge on any atom is -0.491 e. The van der Waals surface area contributed by atoms with Gasteiger partial charge in [-0.05, 0) is 132 Å². The van der Waals surface area contributed by atoms with Crippen LogP contribution in [0.3, 0.4) is 0 Å². The molecule has 1 saturated heterocycles. The Morgan fingerprint density at radius 2 is 1.78 bits per heavy atom. The highest BCUT2D eigenvalue weighted by Crippen LogP contribution is 2.52. The van der Waals surface area contributed by atoms with Gasteiger partial charge in [0.2, 0.25) is 27.7 Å². The molecule has 3 heterocycles. The maximum Gasteiger partial charge on any atom is 0.408 e. The molecule has 0 bridgehead atoms. The van der Waals surface area contributed by atoms with E-state index < -0.39 is 68.2 Å². The number of hydrogen-bond donors (Lipinski definition) is 3. The molecule has 4 amide bonds. The minimum atomic E-state index is -3.99. The molecule has 6 aliphatic rings. The van der Waals surface area contributed by atoms with Crippen molar-refractivity contribution in [3.8, 4) is 11.6 Å². The third kappa shape index (κ3) is 8.24. The summed E-state index contributed by atoms with van der Waals surface area (Å²) in [6.07, 6.45) is 10.0. The Kier molecular flexibility index (Phi) is 10.7. The number of carbonyl (C=O) groups excluding carboxylic acids is 4. The van der Waals surface area contributed by atoms with E-state index in [9.17, 15) is 27.6 Å². The van der Waals surface area contributed by atoms with Crippen LogP contribution >= 0.6 is 0 Å². The van der Waals surface area contributed by atoms with E-state index in [1.165, 1.54) is 11.3 Å². The molecular weight excluding hydrogens is 763 g/mol. The molecule has 10 atom stereocenters. The number of nitrogens with one attached hydrogen (secondary N) is 3. The lowest BCUT2D eigenvalue weighted by atomic mass is 9.88. The molecule has 2 aromatic rings. The van der Waals surface area contributed by atoms with Crippen molar-refractivity contribution in [2.75, 3.05) is 6.54 Å². The lowest BCUT2D eigenvalue weighted by Gasteiger charge is -2.33. The van der Waals surface area contributed by atoms with Crippen molar-refractivity contribution in [2.45, 2.75) is 140 Å². The second-order valence-corrected chi connectivity index (χ2v) is 20.7. The lowest BCUT2D eigenvalue weighted by molar-refractivity contribution is -0.142. The molecule has 15 heteroatoms. The zero-order chi connectivity index (χ0) is 41.1. The summed E-state index contributed by atoms with van der Waals surface area (Å²) in [6, 6.07) is 5.34. The molecule has 14 nitrogen and oxygen atoms in total. The fourth-order valence-corrected chi connectivity index (χ4v) is 10.7. The molecule has 1 aromatic carbocycles. The van der Waals surface area contributed by atoms with Crippen molar-refractivity contribution in [1.82, 2.24) is 25.2 Å². The monoisotopic (exact) mass is 819 g/mol. The summed E-state index contributed by atoms with van der Waals surface area (Å²) in [5.41, 5.74) is -1.52. The highest BCUT2D eigenvalue weighted by atomic mass is 32.2. The van der Waals surface area contributed by atoms with Gasteiger partial charge in [0.1, 0.15) is 35.6 Å². The molecule has 1 aromatic heterocycles. The van der Waals surface area contributed by atoms with Gasteiger partial charge in [0.05, 0.1) is 17.4 Å². The van der Waals surface area contributed by atoms with Crippen LogP contribution in [-0.2, 0) is 29.1 Å². The molecule has 0 spiro atoms. The van der Waals surface area contributed by atoms with Gasteiger partial charge in [-0.3, -0.25) is 19.1 Å². The Morgan fingerprint density at radius 3 is 2.50 bits per heavy atom. The molecule has 1 unspecified atom stereocenters. The maximum absolute atomic E-state index is 14.9. The Balaban J connectivity index is 1.09. The van der Waals surface area contributed by atoms with Crippen LogP contribution in [0.2, 0.25) is 0 Å². The number of hydrogen-bond acceptors (Lipinski definition) is 10. The summed E-state index contributed by atoms with van der Waals surface area (Å²) in [6.45, 7) is 9.54. The number of sulfonamides is 1. The summed E-state index contributed by atoms with van der Waals surface area (Å²) in [4.78, 5) is 62.9. The minimum absolute atomic E-state index is 0.000277. The van der Waals surface area contributed by atoms with Crippen molar-refractivity contribution < 1.29 is 41.8 Å². The predicted molar refractivity (Wildman–Crippen MR) is 215 cm³/mol. The standard InChI is InChI=1S/C43H57N5O9S/c1-24(2)55-31-10-11-34-27(18-31)12-15-44-38(34)56-33-21-35-37(49)46-43(40(51)47-58(53,54)42(5)13-14-42)22-30(43)9-7-6-8-25(3)16-26(4)36(39(50)48(35)23-33)45-41(52)57-32-19-28-17-29(28)20-32/h7,9-12,15,18,24-26,28-30,32-33,35-36H,6,8,13-14,16-17,19-23H2,1-5H3,(H,45,52)(H,46,49)(H,47,51)/b9-7-/t25-,26-,28-,29+,30-,32?,33-,35+,36+,43-/m1/s1. The highest BCUT2D eigenvalue weighted by molar-refractivity contribution is 7.91. The van der Waals surface area contributed by atoms with Crippen LogP contribution in [0.15, 0.2) is 42.6 Å². The first-order valence-electron chi connectivity index (χ1n) is 21.1. The van der Waals surface area contributed by atoms with Gasteiger partial charge in [-0.2, -0.15) is 0 Å². The molecule has 3 N–H and O–H groups in total. The van der Waals surface area contributed by atoms with E-state index in [1.54, 1.807) is 13.1 Å². The number of allylic oxidation sites excluding steroid dienone is 1. The van der Waals surface area contributed by atoms with Crippen molar-refractivity contribution >= 4 is 44.6 Å². The Labute approximate surface area is 340 Å². The van der Waals surface area contributed by atoms with Crippen LogP contribution in [0.25, 0.3) is 10.8 Å². The van der Waals surface area contributed by atoms with Crippen LogP contribution in [-0.4, -0.2) is 89.3 Å². The number of aromatic nitrogens is 1. The number of pyridine rings is 1. The first-order valence-corrected chi connectivity index (χ1v) is 22.6. The normalized spacial score (nSPS) is 34.7. The van der Waals surface area contributed by atoms with Gasteiger partial charge < -0.3 is 29.7 Å². The molecule has 5 fully saturated rings. The van der Waals surface area contributed by atoms with Crippen molar-refractivity contribution in [2.24, 2.45) is 29.6 Å². The molecule has 314 valence electrons. The zero-order valence-corrected chi connectivity index (χ0v) is 34.9. The quantitative estimate of drug-likeness (QED) is 0.286. The Bertz CT molecular complexity index is 2100. The smallest absolute Gasteiger partial charge is 0.408 e. The van der Waals surface area contributed by atoms with Crippen molar-refractivity contribution in [3.05, 3.63) is 42.6 Å². The topological polar surface area (TPSA) is 182 Å². The molecule has 58 heavy (non-hydrogen) atoms. The fourth-order valence-electron chi connectivity index (χ4n) is 9.39. The van der Waals surface area contributed by atoms with Crippen LogP contribution < -0.4 is 24.8 Å². The average Bonchev–Trinajstić information content (AvgIpc) is 4.12. The molecular formula is C43H57N5O9S. The molecule has 2 aliphatic heterocycles. The van der Waals surface area contributed by atoms with E-state index in [0.29, 0.717) is 49.1 Å². The van der Waals surface area contributed by atoms with Crippen LogP contribution in [0, 0.1) is 29.6 Å². The second kappa shape index (κ2) is 15.3. The van der Waals surface area contributed by atoms with Crippen LogP contribution in [0.1, 0.15) is 98.8 Å². The number of amides is 4. The third-order valence-corrected chi connectivity index (χ3v) is 15.5. The van der Waals surface area contributed by atoms with E-state index in [1.807, 2.05) is 57.2 Å². The molecule has 4 aliphatic carbocycles. The average molecular weight is 820 g/mol. The van der Waals surface area contributed by atoms with Crippen molar-refractivity contribution in [3.63, 3.8) is 0 Å². The number of rotatable bonds is 9. The lowest BCUT2D eigenvalue weighted by Crippen LogP contribution is -2.59. The van der Waals surface area contributed by atoms with Gasteiger partial charge in [-0.15, -0.1) is 0 Å². The number of ether oxygens (including phenoxy) is 3. The number of alkyl carbamates (subject to hydrolysis) is 1. The first kappa shape index (κ1) is 40.4. The number of nitrogens with zero attached hydrogens (tertiary/aromatic N) is 2. The van der Waals surface area contributed by atoms with Gasteiger partial charge in [0.15, 0.2) is 0 Å². The Hall–Kier alpha value is -4.40. The van der Waals surface area contributed by atoms with Gasteiger partial charge in [0, 0.05) is 23.9 Å². The Morgan fingerprint density at radius 1 is 1.02 bits per heavy atom. The van der Waals surface area contributed by atoms with Crippen LogP contribution in [0.4, 0.5) is 4.79 Å². The van der Waals surface area contributed by atoms with E-state index in [0.717, 1.165) is 30.0 Å². The largest absolute Gasteiger partial charge is 0.491 e. The summed E-state index contributed by atoms with van der Waals surface area (Å²) in [5, 5.41) is 7.41. The summed E-state index contributed by atoms with van der Waals surface area (Å²) in [5.74, 6) is -0.199. The highest BCUT2D eigenvalue weighted by Gasteiger charge is 2.63. The number of benzene rings is 1. The van der Waals surface area contributed by atoms with E-state index in [-0.39, 0.29) is 43.4 Å². The maximum atomic E-state index is 14.9. The third-order valence-electron chi connectivity index (χ3n) is 13.3. The fraction of sp³-hybridized carbons (Fsp3) is 0.651. The van der Waals surface area contributed by atoms with Crippen molar-refractivity contribution in [1.29, 1.82) is 0 Å². The van der Waals surface area contributed by atoms with E-state index >= 15 is 0 Å². The number of carbonyl (C=O) groups is 4. The van der Waals surface area contributed by atoms with Gasteiger partial charge in [-0.1, -0.05) is 26.0 Å². The SMILES string of the molecule is CC(C)Oc1ccc2c(O[C@@H]3C[C@H]4C(=O)N[C@]5(C(=O)NS(=O)(=O)C6(C)CC6)C[C@H]5/C=C\CC[C@@H](C)C[C@@H](C)[C@H](NC(=O)OC5C[C@@H]6C[C@@H]6C5)C(=O)N4C3)nccc2c1. The number of fused-ring (bicyclic) bond motifs is 4. The summed E-state index contributed by atoms with van der Waals surface area (Å²) in [7, 11) is -3.99. The molecule has 0 radical (unpaired) electrons.